The van der Waals surface area contributed by atoms with Gasteiger partial charge in [-0.25, -0.2) is 0 Å². The minimum Gasteiger partial charge on any atom is -0.376 e. The Labute approximate surface area is 73.2 Å². The molecule has 1 heterocycles. The van der Waals surface area contributed by atoms with Crippen molar-refractivity contribution in [1.29, 1.82) is 0 Å². The fraction of sp³-hybridized carbons (Fsp3) is 1.00. The van der Waals surface area contributed by atoms with E-state index in [1.165, 1.54) is 19.3 Å². The lowest BCUT2D eigenvalue weighted by atomic mass is 9.80. The summed E-state index contributed by atoms with van der Waals surface area (Å²) in [5.41, 5.74) is 5.57. The van der Waals surface area contributed by atoms with E-state index in [1.807, 2.05) is 0 Å². The molecular weight excluding hydrogens is 154 g/mol. The lowest BCUT2D eigenvalue weighted by Crippen LogP contribution is -2.52. The van der Waals surface area contributed by atoms with Crippen molar-refractivity contribution in [2.75, 3.05) is 19.8 Å². The lowest BCUT2D eigenvalue weighted by Gasteiger charge is -2.47. The highest BCUT2D eigenvalue weighted by atomic mass is 16.6. The summed E-state index contributed by atoms with van der Waals surface area (Å²) < 4.78 is 11.5. The third kappa shape index (κ3) is 1.49. The molecule has 3 nitrogen and oxygen atoms in total. The van der Waals surface area contributed by atoms with Crippen molar-refractivity contribution in [3.63, 3.8) is 0 Å². The number of hydrogen-bond donors (Lipinski definition) is 1. The van der Waals surface area contributed by atoms with Crippen LogP contribution >= 0.6 is 0 Å². The van der Waals surface area contributed by atoms with E-state index >= 15 is 0 Å². The predicted octanol–water partition coefficient (Wildman–Crippen LogP) is 0.673. The van der Waals surface area contributed by atoms with Gasteiger partial charge in [-0.3, -0.25) is 0 Å². The highest BCUT2D eigenvalue weighted by molar-refractivity contribution is 4.92. The standard InChI is InChI=1S/C9H17NO2/c10-5-2-8-6-11-7-9(12-8)3-1-4-9/h8H,1-7,10H2. The van der Waals surface area contributed by atoms with Crippen LogP contribution in [0.4, 0.5) is 0 Å². The van der Waals surface area contributed by atoms with E-state index in [4.69, 9.17) is 15.2 Å². The van der Waals surface area contributed by atoms with Crippen molar-refractivity contribution in [2.45, 2.75) is 37.4 Å². The van der Waals surface area contributed by atoms with Crippen LogP contribution in [0.15, 0.2) is 0 Å². The van der Waals surface area contributed by atoms with Gasteiger partial charge in [0.15, 0.2) is 0 Å². The fourth-order valence-corrected chi connectivity index (χ4v) is 1.96. The first-order valence-electron chi connectivity index (χ1n) is 4.80. The molecule has 12 heavy (non-hydrogen) atoms. The van der Waals surface area contributed by atoms with Gasteiger partial charge in [0.2, 0.25) is 0 Å². The van der Waals surface area contributed by atoms with Crippen LogP contribution in [0.1, 0.15) is 25.7 Å². The number of nitrogens with two attached hydrogens (primary N) is 1. The highest BCUT2D eigenvalue weighted by Crippen LogP contribution is 2.39. The molecule has 1 atom stereocenters. The van der Waals surface area contributed by atoms with Gasteiger partial charge in [-0.15, -0.1) is 0 Å². The maximum absolute atomic E-state index is 5.95. The van der Waals surface area contributed by atoms with Gasteiger partial charge in [-0.1, -0.05) is 0 Å². The van der Waals surface area contributed by atoms with E-state index in [9.17, 15) is 0 Å². The number of hydrogen-bond acceptors (Lipinski definition) is 3. The van der Waals surface area contributed by atoms with Crippen LogP contribution in [0.2, 0.25) is 0 Å². The summed E-state index contributed by atoms with van der Waals surface area (Å²) in [4.78, 5) is 0. The van der Waals surface area contributed by atoms with Crippen LogP contribution in [0.25, 0.3) is 0 Å². The molecule has 0 aromatic rings. The summed E-state index contributed by atoms with van der Waals surface area (Å²) in [5, 5.41) is 0. The van der Waals surface area contributed by atoms with E-state index in [-0.39, 0.29) is 11.7 Å². The molecule has 3 heteroatoms. The monoisotopic (exact) mass is 171 g/mol. The summed E-state index contributed by atoms with van der Waals surface area (Å²) in [6.45, 7) is 2.23. The van der Waals surface area contributed by atoms with Gasteiger partial charge >= 0.3 is 0 Å². The molecule has 0 bridgehead atoms. The largest absolute Gasteiger partial charge is 0.376 e. The molecule has 2 N–H and O–H groups in total. The SMILES string of the molecule is NCCC1COCC2(CCC2)O1. The second-order valence-electron chi connectivity index (χ2n) is 3.87. The van der Waals surface area contributed by atoms with Crippen molar-refractivity contribution < 1.29 is 9.47 Å². The van der Waals surface area contributed by atoms with E-state index < -0.39 is 0 Å². The Morgan fingerprint density at radius 3 is 2.83 bits per heavy atom. The Morgan fingerprint density at radius 1 is 1.42 bits per heavy atom. The zero-order valence-corrected chi connectivity index (χ0v) is 7.42. The Hall–Kier alpha value is -0.120. The molecule has 1 aliphatic carbocycles. The molecule has 2 rings (SSSR count). The van der Waals surface area contributed by atoms with Gasteiger partial charge in [-0.2, -0.15) is 0 Å². The molecule has 0 amide bonds. The van der Waals surface area contributed by atoms with Gasteiger partial charge < -0.3 is 15.2 Å². The van der Waals surface area contributed by atoms with Crippen molar-refractivity contribution >= 4 is 0 Å². The summed E-state index contributed by atoms with van der Waals surface area (Å²) in [5.74, 6) is 0. The predicted molar refractivity (Wildman–Crippen MR) is 45.9 cm³/mol. The molecule has 2 aliphatic rings. The zero-order valence-electron chi connectivity index (χ0n) is 7.42. The Morgan fingerprint density at radius 2 is 2.25 bits per heavy atom. The normalized spacial score (nSPS) is 33.2. The van der Waals surface area contributed by atoms with Gasteiger partial charge in [0.25, 0.3) is 0 Å². The van der Waals surface area contributed by atoms with Crippen molar-refractivity contribution in [2.24, 2.45) is 5.73 Å². The van der Waals surface area contributed by atoms with Crippen molar-refractivity contribution in [3.05, 3.63) is 0 Å². The van der Waals surface area contributed by atoms with E-state index in [2.05, 4.69) is 0 Å². The quantitative estimate of drug-likeness (QED) is 0.664. The molecule has 1 aliphatic heterocycles. The molecule has 1 unspecified atom stereocenters. The summed E-state index contributed by atoms with van der Waals surface area (Å²) in [7, 11) is 0. The van der Waals surface area contributed by atoms with Crippen molar-refractivity contribution in [1.82, 2.24) is 0 Å². The molecule has 0 radical (unpaired) electrons. The average Bonchev–Trinajstić information content (AvgIpc) is 2.03. The van der Waals surface area contributed by atoms with Gasteiger partial charge in [0.1, 0.15) is 0 Å². The molecule has 1 spiro atoms. The minimum absolute atomic E-state index is 0.0953. The van der Waals surface area contributed by atoms with Crippen LogP contribution in [-0.2, 0) is 9.47 Å². The van der Waals surface area contributed by atoms with Gasteiger partial charge in [0.05, 0.1) is 24.9 Å². The first-order chi connectivity index (χ1) is 5.85. The maximum atomic E-state index is 5.95. The first-order valence-corrected chi connectivity index (χ1v) is 4.80. The second kappa shape index (κ2) is 3.32. The summed E-state index contributed by atoms with van der Waals surface area (Å²) in [6.07, 6.45) is 4.83. The molecule has 1 saturated heterocycles. The Kier molecular flexibility index (Phi) is 2.35. The van der Waals surface area contributed by atoms with Crippen LogP contribution in [-0.4, -0.2) is 31.5 Å². The van der Waals surface area contributed by atoms with Gasteiger partial charge in [0, 0.05) is 0 Å². The fourth-order valence-electron chi connectivity index (χ4n) is 1.96. The molecule has 70 valence electrons. The Balaban J connectivity index is 1.85. The van der Waals surface area contributed by atoms with Crippen molar-refractivity contribution in [3.8, 4) is 0 Å². The van der Waals surface area contributed by atoms with Crippen LogP contribution < -0.4 is 5.73 Å². The van der Waals surface area contributed by atoms with E-state index in [1.54, 1.807) is 0 Å². The van der Waals surface area contributed by atoms with Gasteiger partial charge in [-0.05, 0) is 32.2 Å². The summed E-state index contributed by atoms with van der Waals surface area (Å²) in [6, 6.07) is 0. The lowest BCUT2D eigenvalue weighted by molar-refractivity contribution is -0.229. The third-order valence-corrected chi connectivity index (χ3v) is 2.84. The number of ether oxygens (including phenoxy) is 2. The first kappa shape index (κ1) is 8.48. The molecule has 1 saturated carbocycles. The molecule has 2 fully saturated rings. The molecular formula is C9H17NO2. The van der Waals surface area contributed by atoms with E-state index in [0.717, 1.165) is 19.6 Å². The number of rotatable bonds is 2. The molecule has 0 aromatic heterocycles. The van der Waals surface area contributed by atoms with Crippen LogP contribution in [0, 0.1) is 0 Å². The maximum Gasteiger partial charge on any atom is 0.0919 e. The smallest absolute Gasteiger partial charge is 0.0919 e. The minimum atomic E-state index is 0.0953. The highest BCUT2D eigenvalue weighted by Gasteiger charge is 2.42. The average molecular weight is 171 g/mol. The van der Waals surface area contributed by atoms with Crippen LogP contribution in [0.5, 0.6) is 0 Å². The summed E-state index contributed by atoms with van der Waals surface area (Å²) >= 11 is 0. The zero-order chi connectivity index (χ0) is 8.44. The Bertz CT molecular complexity index is 155. The topological polar surface area (TPSA) is 44.5 Å². The molecule has 0 aromatic carbocycles. The third-order valence-electron chi connectivity index (χ3n) is 2.84. The van der Waals surface area contributed by atoms with E-state index in [0.29, 0.717) is 6.54 Å². The second-order valence-corrected chi connectivity index (χ2v) is 3.87. The van der Waals surface area contributed by atoms with Crippen LogP contribution in [0.3, 0.4) is 0 Å².